The number of ether oxygens (including phenoxy) is 6. The Morgan fingerprint density at radius 1 is 0.408 bits per heavy atom. The van der Waals surface area contributed by atoms with Crippen molar-refractivity contribution in [3.63, 3.8) is 0 Å². The van der Waals surface area contributed by atoms with E-state index in [-0.39, 0.29) is 112 Å². The zero-order chi connectivity index (χ0) is 52.6. The molecule has 404 valence electrons. The van der Waals surface area contributed by atoms with Crippen LogP contribution < -0.4 is 0 Å². The second-order valence-electron chi connectivity index (χ2n) is 15.9. The number of esters is 6. The lowest BCUT2D eigenvalue weighted by molar-refractivity contribution is -0.152. The Hall–Kier alpha value is -3.81. The summed E-state index contributed by atoms with van der Waals surface area (Å²) in [5.74, 6) is -0.545. The van der Waals surface area contributed by atoms with Crippen molar-refractivity contribution in [2.75, 3.05) is 103 Å². The maximum atomic E-state index is 12.7. The Labute approximate surface area is 438 Å². The Bertz CT molecular complexity index is 1550. The van der Waals surface area contributed by atoms with Crippen molar-refractivity contribution in [1.29, 1.82) is 0 Å². The van der Waals surface area contributed by atoms with Gasteiger partial charge in [0.05, 0.1) is 41.6 Å². The van der Waals surface area contributed by atoms with E-state index in [0.29, 0.717) is 49.9 Å². The molecule has 0 aromatic carbocycles. The molecule has 0 spiro atoms. The van der Waals surface area contributed by atoms with Crippen LogP contribution >= 0.6 is 35.3 Å². The molecule has 0 fully saturated rings. The summed E-state index contributed by atoms with van der Waals surface area (Å²) in [4.78, 5) is 79.0. The molecule has 0 aliphatic rings. The van der Waals surface area contributed by atoms with Gasteiger partial charge in [-0.25, -0.2) is 0 Å². The lowest BCUT2D eigenvalue weighted by atomic mass is 10.2. The number of aliphatic hydroxyl groups is 1. The molecule has 18 heteroatoms. The van der Waals surface area contributed by atoms with Crippen molar-refractivity contribution < 1.29 is 62.3 Å². The highest BCUT2D eigenvalue weighted by molar-refractivity contribution is 8.01. The predicted octanol–water partition coefficient (Wildman–Crippen LogP) is 8.50. The topological polar surface area (TPSA) is 185 Å². The Balaban J connectivity index is 5.03. The highest BCUT2D eigenvalue weighted by Crippen LogP contribution is 2.15. The second kappa shape index (κ2) is 48.5. The van der Waals surface area contributed by atoms with Crippen LogP contribution in [0.15, 0.2) is 72.9 Å². The van der Waals surface area contributed by atoms with Crippen LogP contribution in [0.2, 0.25) is 0 Å². The Morgan fingerprint density at radius 3 is 0.986 bits per heavy atom. The third-order valence-corrected chi connectivity index (χ3v) is 13.1. The van der Waals surface area contributed by atoms with Crippen molar-refractivity contribution in [3.05, 3.63) is 72.9 Å². The third-order valence-electron chi connectivity index (χ3n) is 9.88. The van der Waals surface area contributed by atoms with Crippen molar-refractivity contribution >= 4 is 71.1 Å². The zero-order valence-electron chi connectivity index (χ0n) is 43.5. The van der Waals surface area contributed by atoms with E-state index in [0.717, 1.165) is 38.5 Å². The highest BCUT2D eigenvalue weighted by atomic mass is 32.2. The molecule has 0 rings (SSSR count). The molecule has 0 radical (unpaired) electrons. The lowest BCUT2D eigenvalue weighted by Gasteiger charge is -2.25. The van der Waals surface area contributed by atoms with Crippen LogP contribution in [0.1, 0.15) is 106 Å². The van der Waals surface area contributed by atoms with Crippen LogP contribution in [0.25, 0.3) is 0 Å². The first-order valence-corrected chi connectivity index (χ1v) is 28.3. The van der Waals surface area contributed by atoms with Crippen molar-refractivity contribution in [3.8, 4) is 0 Å². The van der Waals surface area contributed by atoms with E-state index in [1.54, 1.807) is 20.8 Å². The normalized spacial score (nSPS) is 13.3. The van der Waals surface area contributed by atoms with Crippen LogP contribution in [0, 0.1) is 0 Å². The van der Waals surface area contributed by atoms with Gasteiger partial charge in [0.1, 0.15) is 39.6 Å². The molecule has 3 unspecified atom stereocenters. The molecule has 15 nitrogen and oxygen atoms in total. The summed E-state index contributed by atoms with van der Waals surface area (Å²) >= 11 is 4.38. The Morgan fingerprint density at radius 2 is 0.690 bits per heavy atom. The molecular formula is C53H86N2O13S3. The van der Waals surface area contributed by atoms with Gasteiger partial charge >= 0.3 is 35.8 Å². The maximum absolute atomic E-state index is 12.7. The van der Waals surface area contributed by atoms with Gasteiger partial charge in [0.2, 0.25) is 0 Å². The first-order valence-electron chi connectivity index (χ1n) is 25.1. The summed E-state index contributed by atoms with van der Waals surface area (Å²) in [6.07, 6.45) is 31.0. The largest absolute Gasteiger partial charge is 0.462 e. The minimum atomic E-state index is -0.491. The van der Waals surface area contributed by atoms with Gasteiger partial charge in [-0.3, -0.25) is 28.8 Å². The van der Waals surface area contributed by atoms with Crippen molar-refractivity contribution in [1.82, 2.24) is 9.80 Å². The zero-order valence-corrected chi connectivity index (χ0v) is 46.0. The lowest BCUT2D eigenvalue weighted by Crippen LogP contribution is -2.35. The van der Waals surface area contributed by atoms with E-state index < -0.39 is 17.9 Å². The van der Waals surface area contributed by atoms with Crippen LogP contribution in [0.3, 0.4) is 0 Å². The van der Waals surface area contributed by atoms with E-state index in [9.17, 15) is 33.9 Å². The van der Waals surface area contributed by atoms with Crippen molar-refractivity contribution in [2.24, 2.45) is 0 Å². The number of aliphatic hydroxyl groups excluding tert-OH is 1. The number of allylic oxidation sites excluding steroid dienone is 9. The molecule has 0 aromatic rings. The van der Waals surface area contributed by atoms with E-state index in [4.69, 9.17) is 28.4 Å². The number of thioether (sulfide) groups is 3. The number of carbonyl (C=O) groups is 6. The molecule has 0 aliphatic carbocycles. The molecule has 0 aliphatic heterocycles. The van der Waals surface area contributed by atoms with Crippen LogP contribution in [0.4, 0.5) is 0 Å². The third kappa shape index (κ3) is 42.4. The number of nitrogens with zero attached hydrogens (tertiary/aromatic N) is 2. The fourth-order valence-corrected chi connectivity index (χ4v) is 8.08. The molecule has 0 saturated heterocycles. The van der Waals surface area contributed by atoms with Crippen LogP contribution in [-0.2, 0) is 57.2 Å². The van der Waals surface area contributed by atoms with Gasteiger partial charge in [-0.2, -0.15) is 0 Å². The minimum absolute atomic E-state index is 0.0146. The summed E-state index contributed by atoms with van der Waals surface area (Å²) in [7, 11) is 0. The number of hydrogen-bond acceptors (Lipinski definition) is 18. The first-order chi connectivity index (χ1) is 34.4. The fraction of sp³-hybridized carbons (Fsp3) is 0.660. The van der Waals surface area contributed by atoms with Crippen LogP contribution in [-0.4, -0.2) is 169 Å². The fourth-order valence-electron chi connectivity index (χ4n) is 5.86. The molecule has 71 heavy (non-hydrogen) atoms. The van der Waals surface area contributed by atoms with Gasteiger partial charge in [0.25, 0.3) is 0 Å². The predicted molar refractivity (Wildman–Crippen MR) is 290 cm³/mol. The summed E-state index contributed by atoms with van der Waals surface area (Å²) in [6, 6.07) is 0. The summed E-state index contributed by atoms with van der Waals surface area (Å²) in [5, 5.41) is 8.62. The van der Waals surface area contributed by atoms with E-state index in [1.807, 2.05) is 28.0 Å². The summed E-state index contributed by atoms with van der Waals surface area (Å²) < 4.78 is 31.9. The standard InChI is InChI=1S/C53H86N2O13S3/c1-7-10-13-16-19-22-42-69-45(4)51(60)66-39-36-63-48(57)26-31-54(32-27-49(58)64-37-40-67-52(61)46(5)70-43-23-20-17-14-11-8-2)29-25-30-55(34-35-56)33-28-50(59)65-38-41-68-53(62)47(6)71-44-24-21-18-15-12-9-3/h10-15,19-24,45-47,56H,7-9,16-18,25-44H2,1-6H3/b13-10-,14-11-,15-12-,22-19-,23-20-,24-21-. The second-order valence-corrected chi connectivity index (χ2v) is 20.0. The first kappa shape index (κ1) is 67.2. The van der Waals surface area contributed by atoms with Gasteiger partial charge < -0.3 is 43.3 Å². The quantitative estimate of drug-likeness (QED) is 0.0265. The summed E-state index contributed by atoms with van der Waals surface area (Å²) in [6.45, 7) is 13.1. The molecule has 0 aromatic heterocycles. The monoisotopic (exact) mass is 1050 g/mol. The minimum Gasteiger partial charge on any atom is -0.462 e. The van der Waals surface area contributed by atoms with Gasteiger partial charge in [-0.05, 0) is 78.8 Å². The van der Waals surface area contributed by atoms with Crippen molar-refractivity contribution in [2.45, 2.75) is 122 Å². The Kier molecular flexibility index (Phi) is 45.9. The highest BCUT2D eigenvalue weighted by Gasteiger charge is 2.19. The van der Waals surface area contributed by atoms with Gasteiger partial charge in [-0.1, -0.05) is 93.7 Å². The summed E-state index contributed by atoms with van der Waals surface area (Å²) in [5.41, 5.74) is 0. The number of hydrogen-bond donors (Lipinski definition) is 1. The average molecular weight is 1060 g/mol. The molecule has 0 saturated carbocycles. The molecule has 0 bridgehead atoms. The number of carbonyl (C=O) groups excluding carboxylic acids is 6. The molecule has 0 heterocycles. The molecule has 1 N–H and O–H groups in total. The number of rotatable bonds is 45. The maximum Gasteiger partial charge on any atom is 0.318 e. The van der Waals surface area contributed by atoms with E-state index in [2.05, 4.69) is 75.5 Å². The van der Waals surface area contributed by atoms with Gasteiger partial charge in [0, 0.05) is 43.4 Å². The van der Waals surface area contributed by atoms with Crippen LogP contribution in [0.5, 0.6) is 0 Å². The van der Waals surface area contributed by atoms with Gasteiger partial charge in [-0.15, -0.1) is 35.3 Å². The van der Waals surface area contributed by atoms with E-state index >= 15 is 0 Å². The molecular weight excluding hydrogens is 969 g/mol. The SMILES string of the molecule is CC/C=C\C/C=C\CSC(C)C(=O)OCCOC(=O)CCN(CCO)CCCN(CCC(=O)OCCOC(=O)C(C)SC/C=C\C/C=C\CC)CCC(=O)OCCOC(=O)C(C)SC/C=C\C/C=C\CC. The average Bonchev–Trinajstić information content (AvgIpc) is 3.36. The molecule has 3 atom stereocenters. The smallest absolute Gasteiger partial charge is 0.318 e. The molecule has 0 amide bonds. The van der Waals surface area contributed by atoms with Gasteiger partial charge in [0.15, 0.2) is 0 Å². The van der Waals surface area contributed by atoms with E-state index in [1.165, 1.54) is 35.3 Å².